The van der Waals surface area contributed by atoms with E-state index in [4.69, 9.17) is 14.2 Å². The summed E-state index contributed by atoms with van der Waals surface area (Å²) in [4.78, 5) is 81.6. The number of nitrogens with one attached hydrogen (secondary N) is 2. The SMILES string of the molecule is CN1C(=O)c2c(O)c(=O)c(C(=O)NCc3c(F)cc(F)cc3F)cn2[C@H]2COCC[C@]21C.CN1C(=O)c2c(OCc3ccccc3)c(=O)c(C(=O)NCc3c(F)cc(F)cc3F)cn2[C@H]2COCC[C@]21C. The van der Waals surface area contributed by atoms with Gasteiger partial charge in [-0.25, -0.2) is 26.3 Å². The van der Waals surface area contributed by atoms with Crippen molar-refractivity contribution in [2.45, 2.75) is 69.5 Å². The number of rotatable bonds is 9. The molecule has 0 spiro atoms. The predicted molar refractivity (Wildman–Crippen MR) is 239 cm³/mol. The molecule has 16 nitrogen and oxygen atoms in total. The first-order chi connectivity index (χ1) is 33.7. The Hall–Kier alpha value is -7.46. The van der Waals surface area contributed by atoms with Crippen molar-refractivity contribution in [3.8, 4) is 11.5 Å². The summed E-state index contributed by atoms with van der Waals surface area (Å²) in [5.41, 5.74) is -4.89. The number of halogens is 6. The van der Waals surface area contributed by atoms with Crippen LogP contribution in [0, 0.1) is 34.9 Å². The highest BCUT2D eigenvalue weighted by Crippen LogP contribution is 2.43. The number of nitrogens with zero attached hydrogens (tertiary/aromatic N) is 4. The summed E-state index contributed by atoms with van der Waals surface area (Å²) < 4.78 is 102. The second-order valence-corrected chi connectivity index (χ2v) is 17.9. The second-order valence-electron chi connectivity index (χ2n) is 17.9. The number of ether oxygens (including phenoxy) is 3. The number of aromatic nitrogens is 2. The van der Waals surface area contributed by atoms with Gasteiger partial charge in [0, 0.05) is 88.2 Å². The van der Waals surface area contributed by atoms with E-state index in [2.05, 4.69) is 10.6 Å². The maximum atomic E-state index is 14.1. The van der Waals surface area contributed by atoms with Gasteiger partial charge in [0.2, 0.25) is 10.9 Å². The fourth-order valence-electron chi connectivity index (χ4n) is 9.30. The Labute approximate surface area is 400 Å². The summed E-state index contributed by atoms with van der Waals surface area (Å²) in [6, 6.07) is 9.98. The lowest BCUT2D eigenvalue weighted by molar-refractivity contribution is -0.0532. The van der Waals surface area contributed by atoms with Gasteiger partial charge in [0.05, 0.1) is 36.4 Å². The van der Waals surface area contributed by atoms with Crippen molar-refractivity contribution in [2.24, 2.45) is 0 Å². The fourth-order valence-corrected chi connectivity index (χ4v) is 9.30. The van der Waals surface area contributed by atoms with Crippen LogP contribution in [0.5, 0.6) is 11.5 Å². The van der Waals surface area contributed by atoms with Crippen molar-refractivity contribution in [1.29, 1.82) is 0 Å². The number of fused-ring (bicyclic) bond motifs is 6. The van der Waals surface area contributed by atoms with Crippen molar-refractivity contribution < 1.29 is 64.8 Å². The molecule has 5 aromatic rings. The molecule has 22 heteroatoms. The van der Waals surface area contributed by atoms with E-state index in [1.165, 1.54) is 20.2 Å². The summed E-state index contributed by atoms with van der Waals surface area (Å²) >= 11 is 0. The van der Waals surface area contributed by atoms with Crippen LogP contribution in [-0.4, -0.2) is 99.3 Å². The van der Waals surface area contributed by atoms with Crippen LogP contribution in [0.4, 0.5) is 26.3 Å². The second kappa shape index (κ2) is 19.4. The van der Waals surface area contributed by atoms with Gasteiger partial charge in [0.25, 0.3) is 23.6 Å². The molecule has 2 saturated heterocycles. The van der Waals surface area contributed by atoms with Gasteiger partial charge in [-0.05, 0) is 32.3 Å². The van der Waals surface area contributed by atoms with E-state index >= 15 is 0 Å². The number of amides is 4. The van der Waals surface area contributed by atoms with Gasteiger partial charge in [0.15, 0.2) is 22.9 Å². The highest BCUT2D eigenvalue weighted by Gasteiger charge is 2.51. The monoisotopic (exact) mass is 992 g/mol. The van der Waals surface area contributed by atoms with Crippen LogP contribution in [0.15, 0.2) is 76.6 Å². The van der Waals surface area contributed by atoms with E-state index in [1.54, 1.807) is 43.3 Å². The third-order valence-corrected chi connectivity index (χ3v) is 13.9. The first kappa shape index (κ1) is 49.9. The Balaban J connectivity index is 0.000000194. The summed E-state index contributed by atoms with van der Waals surface area (Å²) in [7, 11) is 3.22. The normalized spacial score (nSPS) is 21.2. The summed E-state index contributed by atoms with van der Waals surface area (Å²) in [6.07, 6.45) is 3.43. The van der Waals surface area contributed by atoms with Crippen LogP contribution in [0.2, 0.25) is 0 Å². The van der Waals surface area contributed by atoms with E-state index in [0.29, 0.717) is 50.3 Å². The van der Waals surface area contributed by atoms with E-state index < -0.39 is 128 Å². The Bertz CT molecular complexity index is 3070. The largest absolute Gasteiger partial charge is 0.503 e. The smallest absolute Gasteiger partial charge is 0.274 e. The molecule has 4 amide bonds. The molecule has 2 aromatic heterocycles. The van der Waals surface area contributed by atoms with Gasteiger partial charge in [-0.15, -0.1) is 0 Å². The number of benzene rings is 3. The third kappa shape index (κ3) is 9.01. The molecule has 71 heavy (non-hydrogen) atoms. The summed E-state index contributed by atoms with van der Waals surface area (Å²) in [5.74, 6) is -11.1. The quantitative estimate of drug-likeness (QED) is 0.164. The zero-order chi connectivity index (χ0) is 51.3. The lowest BCUT2D eigenvalue weighted by Gasteiger charge is -2.52. The number of aromatic hydroxyl groups is 1. The zero-order valence-corrected chi connectivity index (χ0v) is 38.5. The lowest BCUT2D eigenvalue weighted by atomic mass is 9.82. The molecule has 4 aliphatic heterocycles. The molecule has 0 saturated carbocycles. The van der Waals surface area contributed by atoms with E-state index in [0.717, 1.165) is 11.8 Å². The Morgan fingerprint density at radius 1 is 0.676 bits per heavy atom. The van der Waals surface area contributed by atoms with Gasteiger partial charge in [-0.3, -0.25) is 28.8 Å². The molecule has 0 unspecified atom stereocenters. The molecular formula is C49H46F6N6O10. The number of likely N-dealkylation sites (N-methyl/N-ethyl adjacent to an activating group) is 2. The van der Waals surface area contributed by atoms with Crippen molar-refractivity contribution >= 4 is 23.6 Å². The molecule has 0 bridgehead atoms. The number of carbonyl (C=O) groups is 4. The van der Waals surface area contributed by atoms with E-state index in [9.17, 15) is 60.2 Å². The molecule has 3 N–H and O–H groups in total. The van der Waals surface area contributed by atoms with Gasteiger partial charge in [-0.2, -0.15) is 0 Å². The lowest BCUT2D eigenvalue weighted by Crippen LogP contribution is -2.61. The Morgan fingerprint density at radius 2 is 1.10 bits per heavy atom. The van der Waals surface area contributed by atoms with Crippen molar-refractivity contribution in [3.05, 3.63) is 162 Å². The van der Waals surface area contributed by atoms with Crippen LogP contribution < -0.4 is 26.2 Å². The van der Waals surface area contributed by atoms with E-state index in [-0.39, 0.29) is 42.5 Å². The maximum absolute atomic E-state index is 14.1. The van der Waals surface area contributed by atoms with Crippen LogP contribution in [-0.2, 0) is 29.2 Å². The number of hydrogen-bond donors (Lipinski definition) is 3. The average Bonchev–Trinajstić information content (AvgIpc) is 3.32. The number of pyridine rings is 2. The molecule has 6 heterocycles. The summed E-state index contributed by atoms with van der Waals surface area (Å²) in [6.45, 7) is 3.64. The third-order valence-electron chi connectivity index (χ3n) is 13.9. The first-order valence-corrected chi connectivity index (χ1v) is 22.2. The van der Waals surface area contributed by atoms with Crippen molar-refractivity contribution in [1.82, 2.24) is 29.6 Å². The minimum Gasteiger partial charge on any atom is -0.503 e. The van der Waals surface area contributed by atoms with Gasteiger partial charge in [0.1, 0.15) is 52.6 Å². The van der Waals surface area contributed by atoms with Crippen LogP contribution in [0.25, 0.3) is 0 Å². The minimum absolute atomic E-state index is 0.0152. The minimum atomic E-state index is -1.20. The topological polar surface area (TPSA) is 191 Å². The van der Waals surface area contributed by atoms with Gasteiger partial charge < -0.3 is 48.9 Å². The molecule has 374 valence electrons. The summed E-state index contributed by atoms with van der Waals surface area (Å²) in [5, 5.41) is 15.0. The number of hydrogen-bond acceptors (Lipinski definition) is 10. The maximum Gasteiger partial charge on any atom is 0.274 e. The Morgan fingerprint density at radius 3 is 1.56 bits per heavy atom. The van der Waals surface area contributed by atoms with Crippen molar-refractivity contribution in [2.75, 3.05) is 40.5 Å². The zero-order valence-electron chi connectivity index (χ0n) is 38.5. The van der Waals surface area contributed by atoms with Gasteiger partial charge >= 0.3 is 0 Å². The molecular weight excluding hydrogens is 947 g/mol. The molecule has 9 rings (SSSR count). The molecule has 4 atom stereocenters. The number of carbonyl (C=O) groups excluding carboxylic acids is 4. The molecule has 3 aromatic carbocycles. The first-order valence-electron chi connectivity index (χ1n) is 22.2. The molecule has 4 aliphatic rings. The van der Waals surface area contributed by atoms with Crippen LogP contribution in [0.1, 0.15) is 97.2 Å². The van der Waals surface area contributed by atoms with E-state index in [1.807, 2.05) is 19.9 Å². The standard InChI is InChI=1S/C28H26F3N3O5.C21H20F3N3O5/c1-28-8-9-38-15-22(28)34-13-19(26(36)32-12-18-20(30)10-17(29)11-21(18)31)24(35)25(23(34)27(37)33(28)2)39-14-16-6-4-3-5-7-16;1-21-3-4-32-9-15(21)27-8-12(17(28)18(29)16(27)20(31)26(21)2)19(30)25-7-11-13(23)5-10(22)6-14(11)24/h3-7,10-11,13,22H,8-9,12,14-15H2,1-2H3,(H,32,36);5-6,8,15,29H,3-4,7,9H2,1-2H3,(H,25,30)/t22-,28+;15-,21+/m00/s1. The fraction of sp³-hybridized carbons (Fsp3) is 0.347. The van der Waals surface area contributed by atoms with Crippen LogP contribution in [0.3, 0.4) is 0 Å². The van der Waals surface area contributed by atoms with Crippen LogP contribution >= 0.6 is 0 Å². The van der Waals surface area contributed by atoms with Crippen molar-refractivity contribution in [3.63, 3.8) is 0 Å². The predicted octanol–water partition coefficient (Wildman–Crippen LogP) is 5.29. The Kier molecular flexibility index (Phi) is 13.6. The highest BCUT2D eigenvalue weighted by atomic mass is 19.2. The molecule has 0 radical (unpaired) electrons. The highest BCUT2D eigenvalue weighted by molar-refractivity contribution is 6.00. The average molecular weight is 993 g/mol. The van der Waals surface area contributed by atoms with Gasteiger partial charge in [-0.1, -0.05) is 30.3 Å². The molecule has 2 fully saturated rings. The molecule has 0 aliphatic carbocycles.